The number of guanidine groups is 1. The highest BCUT2D eigenvalue weighted by Crippen LogP contribution is 2.11. The number of ether oxygens (including phenoxy) is 1. The first kappa shape index (κ1) is 15.6. The minimum absolute atomic E-state index is 0. The molecule has 0 spiro atoms. The Morgan fingerprint density at radius 3 is 3.00 bits per heavy atom. The molecule has 3 N–H and O–H groups in total. The quantitative estimate of drug-likeness (QED) is 0.359. The molecule has 0 aliphatic rings. The standard InChI is InChI=1S/C9H16N4OS.HI/c1-7-5-12-8(15-7)6-13-9(10)11-3-4-14-2;/h5H,3-4,6H2,1-2H3,(H3,10,11,13);1H. The Bertz CT molecular complexity index is 329. The molecule has 0 unspecified atom stereocenters. The second-order valence-electron chi connectivity index (χ2n) is 2.99. The number of nitrogens with one attached hydrogen (secondary N) is 1. The van der Waals surface area contributed by atoms with Gasteiger partial charge in [-0.05, 0) is 6.92 Å². The Morgan fingerprint density at radius 1 is 1.69 bits per heavy atom. The van der Waals surface area contributed by atoms with Crippen LogP contribution in [0.15, 0.2) is 11.2 Å². The van der Waals surface area contributed by atoms with Crippen molar-refractivity contribution in [3.63, 3.8) is 0 Å². The van der Waals surface area contributed by atoms with Crippen LogP contribution in [0.5, 0.6) is 0 Å². The maximum atomic E-state index is 5.63. The van der Waals surface area contributed by atoms with Crippen LogP contribution in [0.1, 0.15) is 9.88 Å². The van der Waals surface area contributed by atoms with Gasteiger partial charge in [0.15, 0.2) is 5.96 Å². The number of halogens is 1. The lowest BCUT2D eigenvalue weighted by molar-refractivity contribution is 0.204. The summed E-state index contributed by atoms with van der Waals surface area (Å²) in [5.74, 6) is 0.430. The molecule has 1 aromatic heterocycles. The van der Waals surface area contributed by atoms with E-state index in [1.54, 1.807) is 18.4 Å². The van der Waals surface area contributed by atoms with Crippen LogP contribution in [0.25, 0.3) is 0 Å². The Kier molecular flexibility index (Phi) is 8.49. The van der Waals surface area contributed by atoms with Gasteiger partial charge in [-0.2, -0.15) is 0 Å². The first-order chi connectivity index (χ1) is 7.22. The van der Waals surface area contributed by atoms with E-state index < -0.39 is 0 Å². The summed E-state index contributed by atoms with van der Waals surface area (Å²) in [6.07, 6.45) is 1.84. The number of methoxy groups -OCH3 is 1. The van der Waals surface area contributed by atoms with Crippen LogP contribution in [-0.2, 0) is 11.3 Å². The van der Waals surface area contributed by atoms with Crippen molar-refractivity contribution < 1.29 is 4.74 Å². The molecule has 0 amide bonds. The Morgan fingerprint density at radius 2 is 2.44 bits per heavy atom. The topological polar surface area (TPSA) is 72.5 Å². The molecule has 5 nitrogen and oxygen atoms in total. The predicted molar refractivity (Wildman–Crippen MR) is 77.5 cm³/mol. The molecular weight excluding hydrogens is 339 g/mol. The fourth-order valence-corrected chi connectivity index (χ4v) is 1.68. The van der Waals surface area contributed by atoms with Gasteiger partial charge in [0.2, 0.25) is 0 Å². The number of aromatic nitrogens is 1. The third-order valence-corrected chi connectivity index (χ3v) is 2.56. The SMILES string of the molecule is COCCNC(N)=NCc1ncc(C)s1.I. The van der Waals surface area contributed by atoms with Gasteiger partial charge in [-0.15, -0.1) is 35.3 Å². The molecule has 0 aliphatic carbocycles. The maximum Gasteiger partial charge on any atom is 0.189 e. The number of aliphatic imine (C=N–C) groups is 1. The molecule has 1 rings (SSSR count). The van der Waals surface area contributed by atoms with Crippen LogP contribution >= 0.6 is 35.3 Å². The monoisotopic (exact) mass is 356 g/mol. The average molecular weight is 356 g/mol. The summed E-state index contributed by atoms with van der Waals surface area (Å²) in [5.41, 5.74) is 5.63. The molecule has 0 saturated carbocycles. The largest absolute Gasteiger partial charge is 0.383 e. The van der Waals surface area contributed by atoms with Gasteiger partial charge >= 0.3 is 0 Å². The number of thiazole rings is 1. The molecule has 0 saturated heterocycles. The van der Waals surface area contributed by atoms with Gasteiger partial charge in [-0.3, -0.25) is 0 Å². The maximum absolute atomic E-state index is 5.63. The molecule has 0 fully saturated rings. The average Bonchev–Trinajstić information content (AvgIpc) is 2.62. The third-order valence-electron chi connectivity index (χ3n) is 1.67. The molecule has 0 aliphatic heterocycles. The van der Waals surface area contributed by atoms with Crippen molar-refractivity contribution in [1.29, 1.82) is 0 Å². The van der Waals surface area contributed by atoms with Crippen molar-refractivity contribution in [3.05, 3.63) is 16.1 Å². The van der Waals surface area contributed by atoms with Gasteiger partial charge in [0.05, 0.1) is 13.2 Å². The number of nitrogens with two attached hydrogens (primary N) is 1. The van der Waals surface area contributed by atoms with Crippen molar-refractivity contribution in [2.45, 2.75) is 13.5 Å². The van der Waals surface area contributed by atoms with E-state index in [1.807, 2.05) is 13.1 Å². The first-order valence-electron chi connectivity index (χ1n) is 4.66. The number of aryl methyl sites for hydroxylation is 1. The zero-order chi connectivity index (χ0) is 11.1. The fraction of sp³-hybridized carbons (Fsp3) is 0.556. The van der Waals surface area contributed by atoms with E-state index in [0.29, 0.717) is 25.7 Å². The molecule has 92 valence electrons. The summed E-state index contributed by atoms with van der Waals surface area (Å²) in [5, 5.41) is 3.92. The van der Waals surface area contributed by atoms with E-state index >= 15 is 0 Å². The molecule has 7 heteroatoms. The molecule has 16 heavy (non-hydrogen) atoms. The molecular formula is C9H17IN4OS. The number of rotatable bonds is 5. The minimum Gasteiger partial charge on any atom is -0.383 e. The van der Waals surface area contributed by atoms with E-state index in [2.05, 4.69) is 15.3 Å². The third kappa shape index (κ3) is 6.23. The van der Waals surface area contributed by atoms with Crippen molar-refractivity contribution in [2.75, 3.05) is 20.3 Å². The summed E-state index contributed by atoms with van der Waals surface area (Å²) in [6, 6.07) is 0. The molecule has 0 atom stereocenters. The van der Waals surface area contributed by atoms with Gasteiger partial charge in [-0.25, -0.2) is 9.98 Å². The zero-order valence-corrected chi connectivity index (χ0v) is 12.5. The van der Waals surface area contributed by atoms with Crippen molar-refractivity contribution in [2.24, 2.45) is 10.7 Å². The summed E-state index contributed by atoms with van der Waals surface area (Å²) >= 11 is 1.63. The van der Waals surface area contributed by atoms with E-state index in [4.69, 9.17) is 10.5 Å². The van der Waals surface area contributed by atoms with E-state index in [1.165, 1.54) is 4.88 Å². The van der Waals surface area contributed by atoms with Crippen LogP contribution < -0.4 is 11.1 Å². The smallest absolute Gasteiger partial charge is 0.189 e. The lowest BCUT2D eigenvalue weighted by atomic mass is 10.6. The predicted octanol–water partition coefficient (Wildman–Crippen LogP) is 1.12. The van der Waals surface area contributed by atoms with Gasteiger partial charge in [0.1, 0.15) is 5.01 Å². The molecule has 1 heterocycles. The number of hydrogen-bond acceptors (Lipinski definition) is 4. The molecule has 0 radical (unpaired) electrons. The second-order valence-corrected chi connectivity index (χ2v) is 4.31. The van der Waals surface area contributed by atoms with Gasteiger partial charge in [0, 0.05) is 24.7 Å². The van der Waals surface area contributed by atoms with Crippen LogP contribution in [0.2, 0.25) is 0 Å². The Balaban J connectivity index is 0.00000225. The Hall–Kier alpha value is -0.410. The van der Waals surface area contributed by atoms with Crippen molar-refractivity contribution in [3.8, 4) is 0 Å². The van der Waals surface area contributed by atoms with Gasteiger partial charge < -0.3 is 15.8 Å². The van der Waals surface area contributed by atoms with Crippen molar-refractivity contribution >= 4 is 41.3 Å². The lowest BCUT2D eigenvalue weighted by Crippen LogP contribution is -2.34. The number of hydrogen-bond donors (Lipinski definition) is 2. The van der Waals surface area contributed by atoms with Gasteiger partial charge in [0.25, 0.3) is 0 Å². The van der Waals surface area contributed by atoms with Crippen molar-refractivity contribution in [1.82, 2.24) is 10.3 Å². The van der Waals surface area contributed by atoms with E-state index in [9.17, 15) is 0 Å². The van der Waals surface area contributed by atoms with E-state index in [-0.39, 0.29) is 24.0 Å². The Labute approximate surface area is 117 Å². The zero-order valence-electron chi connectivity index (χ0n) is 9.40. The van der Waals surface area contributed by atoms with Crippen LogP contribution in [-0.4, -0.2) is 31.2 Å². The van der Waals surface area contributed by atoms with Crippen LogP contribution in [0, 0.1) is 6.92 Å². The normalized spacial score (nSPS) is 11.0. The van der Waals surface area contributed by atoms with Crippen LogP contribution in [0.3, 0.4) is 0 Å². The summed E-state index contributed by atoms with van der Waals surface area (Å²) in [4.78, 5) is 9.53. The fourth-order valence-electron chi connectivity index (χ4n) is 0.964. The minimum atomic E-state index is 0. The number of nitrogens with zero attached hydrogens (tertiary/aromatic N) is 2. The van der Waals surface area contributed by atoms with Gasteiger partial charge in [-0.1, -0.05) is 0 Å². The summed E-state index contributed by atoms with van der Waals surface area (Å²) in [7, 11) is 1.65. The summed E-state index contributed by atoms with van der Waals surface area (Å²) < 4.78 is 4.87. The lowest BCUT2D eigenvalue weighted by Gasteiger charge is -2.03. The molecule has 1 aromatic rings. The molecule has 0 aromatic carbocycles. The van der Waals surface area contributed by atoms with E-state index in [0.717, 1.165) is 5.01 Å². The highest BCUT2D eigenvalue weighted by atomic mass is 127. The second kappa shape index (κ2) is 8.71. The van der Waals surface area contributed by atoms with Crippen LogP contribution in [0.4, 0.5) is 0 Å². The molecule has 0 bridgehead atoms. The first-order valence-corrected chi connectivity index (χ1v) is 5.48. The summed E-state index contributed by atoms with van der Waals surface area (Å²) in [6.45, 7) is 3.84. The highest BCUT2D eigenvalue weighted by Gasteiger charge is 1.97. The highest BCUT2D eigenvalue weighted by molar-refractivity contribution is 14.0.